The van der Waals surface area contributed by atoms with Crippen molar-refractivity contribution in [3.05, 3.63) is 17.8 Å². The van der Waals surface area contributed by atoms with Crippen molar-refractivity contribution < 1.29 is 14.3 Å². The maximum Gasteiger partial charge on any atom is 0.317 e. The molecule has 1 aliphatic rings. The van der Waals surface area contributed by atoms with Crippen LogP contribution in [0.4, 0.5) is 0 Å². The molecule has 6 nitrogen and oxygen atoms in total. The fourth-order valence-corrected chi connectivity index (χ4v) is 4.05. The lowest BCUT2D eigenvalue weighted by atomic mass is 10.3. The molecular formula is C15H17N3O3S2. The van der Waals surface area contributed by atoms with Crippen LogP contribution in [0.15, 0.2) is 22.8 Å². The van der Waals surface area contributed by atoms with Gasteiger partial charge in [0.1, 0.15) is 16.2 Å². The highest BCUT2D eigenvalue weighted by atomic mass is 32.2. The largest absolute Gasteiger partial charge is 0.452 e. The number of aromatic nitrogens is 2. The highest BCUT2D eigenvalue weighted by Crippen LogP contribution is 2.27. The van der Waals surface area contributed by atoms with Crippen molar-refractivity contribution in [3.63, 3.8) is 0 Å². The molecule has 0 aliphatic carbocycles. The number of thioether (sulfide) groups is 1. The average molecular weight is 351 g/mol. The van der Waals surface area contributed by atoms with Gasteiger partial charge in [-0.05, 0) is 31.2 Å². The zero-order chi connectivity index (χ0) is 16.2. The number of ether oxygens (including phenoxy) is 1. The Bertz CT molecular complexity index is 713. The van der Waals surface area contributed by atoms with Crippen LogP contribution in [-0.2, 0) is 14.3 Å². The molecule has 1 aliphatic heterocycles. The monoisotopic (exact) mass is 351 g/mol. The van der Waals surface area contributed by atoms with Crippen molar-refractivity contribution in [1.82, 2.24) is 14.9 Å². The number of thiophene rings is 1. The minimum Gasteiger partial charge on any atom is -0.452 e. The van der Waals surface area contributed by atoms with Crippen LogP contribution in [0, 0.1) is 0 Å². The predicted molar refractivity (Wildman–Crippen MR) is 89.5 cm³/mol. The minimum atomic E-state index is -0.729. The van der Waals surface area contributed by atoms with Crippen LogP contribution in [-0.4, -0.2) is 51.7 Å². The molecule has 1 fully saturated rings. The van der Waals surface area contributed by atoms with E-state index in [1.165, 1.54) is 29.4 Å². The fourth-order valence-electron chi connectivity index (χ4n) is 2.49. The maximum atomic E-state index is 12.1. The summed E-state index contributed by atoms with van der Waals surface area (Å²) in [5.74, 6) is -0.389. The van der Waals surface area contributed by atoms with Gasteiger partial charge in [-0.3, -0.25) is 9.59 Å². The summed E-state index contributed by atoms with van der Waals surface area (Å²) in [5, 5.41) is 3.64. The van der Waals surface area contributed by atoms with Crippen molar-refractivity contribution in [2.24, 2.45) is 0 Å². The zero-order valence-electron chi connectivity index (χ0n) is 12.7. The molecule has 0 spiro atoms. The third kappa shape index (κ3) is 3.81. The van der Waals surface area contributed by atoms with Gasteiger partial charge in [0.15, 0.2) is 6.10 Å². The van der Waals surface area contributed by atoms with Crippen LogP contribution in [0.3, 0.4) is 0 Å². The Morgan fingerprint density at radius 1 is 1.39 bits per heavy atom. The van der Waals surface area contributed by atoms with E-state index < -0.39 is 12.1 Å². The van der Waals surface area contributed by atoms with Gasteiger partial charge in [-0.15, -0.1) is 11.3 Å². The molecule has 8 heteroatoms. The van der Waals surface area contributed by atoms with Gasteiger partial charge in [0.25, 0.3) is 5.91 Å². The molecule has 23 heavy (non-hydrogen) atoms. The standard InChI is InChI=1S/C15H17N3O3S2/c1-10(15(20)18-5-2-3-6-18)21-12(19)8-23-14-11-4-7-22-13(11)16-9-17-14/h4,7,9-10H,2-3,5-6,8H2,1H3/t10-/m1/s1. The summed E-state index contributed by atoms with van der Waals surface area (Å²) in [7, 11) is 0. The van der Waals surface area contributed by atoms with Crippen LogP contribution < -0.4 is 0 Å². The van der Waals surface area contributed by atoms with Gasteiger partial charge in [-0.1, -0.05) is 11.8 Å². The summed E-state index contributed by atoms with van der Waals surface area (Å²) >= 11 is 2.84. The number of hydrogen-bond donors (Lipinski definition) is 0. The molecule has 0 N–H and O–H groups in total. The van der Waals surface area contributed by atoms with E-state index in [0.29, 0.717) is 0 Å². The fraction of sp³-hybridized carbons (Fsp3) is 0.467. The number of rotatable bonds is 5. The van der Waals surface area contributed by atoms with E-state index in [-0.39, 0.29) is 11.7 Å². The van der Waals surface area contributed by atoms with Crippen LogP contribution >= 0.6 is 23.1 Å². The Hall–Kier alpha value is -1.67. The molecule has 3 rings (SSSR count). The molecule has 2 aromatic rings. The second-order valence-electron chi connectivity index (χ2n) is 5.27. The van der Waals surface area contributed by atoms with E-state index in [0.717, 1.165) is 41.2 Å². The van der Waals surface area contributed by atoms with Gasteiger partial charge in [-0.2, -0.15) is 0 Å². The van der Waals surface area contributed by atoms with Crippen LogP contribution in [0.1, 0.15) is 19.8 Å². The summed E-state index contributed by atoms with van der Waals surface area (Å²) in [6, 6.07) is 1.94. The smallest absolute Gasteiger partial charge is 0.317 e. The van der Waals surface area contributed by atoms with Gasteiger partial charge in [-0.25, -0.2) is 9.97 Å². The summed E-state index contributed by atoms with van der Waals surface area (Å²) in [4.78, 5) is 35.1. The van der Waals surface area contributed by atoms with Gasteiger partial charge in [0.05, 0.1) is 5.75 Å². The van der Waals surface area contributed by atoms with Gasteiger partial charge in [0.2, 0.25) is 0 Å². The lowest BCUT2D eigenvalue weighted by molar-refractivity contribution is -0.156. The third-order valence-electron chi connectivity index (χ3n) is 3.63. The minimum absolute atomic E-state index is 0.108. The van der Waals surface area contributed by atoms with Crippen molar-refractivity contribution in [2.75, 3.05) is 18.8 Å². The molecule has 0 unspecified atom stereocenters. The normalized spacial score (nSPS) is 15.8. The van der Waals surface area contributed by atoms with Crippen molar-refractivity contribution in [2.45, 2.75) is 30.9 Å². The number of carbonyl (C=O) groups excluding carboxylic acids is 2. The predicted octanol–water partition coefficient (Wildman–Crippen LogP) is 2.34. The number of fused-ring (bicyclic) bond motifs is 1. The molecule has 1 atom stereocenters. The average Bonchev–Trinajstić information content (AvgIpc) is 3.23. The van der Waals surface area contributed by atoms with Crippen LogP contribution in [0.5, 0.6) is 0 Å². The maximum absolute atomic E-state index is 12.1. The van der Waals surface area contributed by atoms with Gasteiger partial charge in [0, 0.05) is 18.5 Å². The van der Waals surface area contributed by atoms with E-state index in [2.05, 4.69) is 9.97 Å². The SMILES string of the molecule is C[C@@H](OC(=O)CSc1ncnc2sccc12)C(=O)N1CCCC1. The molecule has 0 saturated carbocycles. The second-order valence-corrected chi connectivity index (χ2v) is 7.13. The van der Waals surface area contributed by atoms with E-state index in [9.17, 15) is 9.59 Å². The molecule has 0 radical (unpaired) electrons. The number of amides is 1. The third-order valence-corrected chi connectivity index (χ3v) is 5.43. The van der Waals surface area contributed by atoms with Crippen LogP contribution in [0.2, 0.25) is 0 Å². The quantitative estimate of drug-likeness (QED) is 0.468. The Kier molecular flexibility index (Phi) is 5.12. The first-order chi connectivity index (χ1) is 11.1. The van der Waals surface area contributed by atoms with Crippen molar-refractivity contribution in [3.8, 4) is 0 Å². The molecular weight excluding hydrogens is 334 g/mol. The van der Waals surface area contributed by atoms with Gasteiger partial charge < -0.3 is 9.64 Å². The second kappa shape index (κ2) is 7.27. The molecule has 1 saturated heterocycles. The summed E-state index contributed by atoms with van der Waals surface area (Å²) in [5.41, 5.74) is 0. The molecule has 0 bridgehead atoms. The highest BCUT2D eigenvalue weighted by Gasteiger charge is 2.25. The van der Waals surface area contributed by atoms with E-state index in [1.807, 2.05) is 11.4 Å². The summed E-state index contributed by atoms with van der Waals surface area (Å²) in [6.45, 7) is 3.14. The number of hydrogen-bond acceptors (Lipinski definition) is 7. The molecule has 122 valence electrons. The van der Waals surface area contributed by atoms with E-state index in [4.69, 9.17) is 4.74 Å². The first-order valence-corrected chi connectivity index (χ1v) is 9.31. The van der Waals surface area contributed by atoms with Crippen molar-refractivity contribution in [1.29, 1.82) is 0 Å². The molecule has 3 heterocycles. The Morgan fingerprint density at radius 2 is 2.17 bits per heavy atom. The lowest BCUT2D eigenvalue weighted by Crippen LogP contribution is -2.38. The van der Waals surface area contributed by atoms with E-state index >= 15 is 0 Å². The van der Waals surface area contributed by atoms with Crippen molar-refractivity contribution >= 4 is 45.2 Å². The summed E-state index contributed by atoms with van der Waals surface area (Å²) in [6.07, 6.45) is 2.80. The lowest BCUT2D eigenvalue weighted by Gasteiger charge is -2.20. The molecule has 1 amide bonds. The first kappa shape index (κ1) is 16.2. The first-order valence-electron chi connectivity index (χ1n) is 7.44. The van der Waals surface area contributed by atoms with Gasteiger partial charge >= 0.3 is 5.97 Å². The van der Waals surface area contributed by atoms with Crippen LogP contribution in [0.25, 0.3) is 10.2 Å². The molecule has 2 aromatic heterocycles. The highest BCUT2D eigenvalue weighted by molar-refractivity contribution is 8.00. The number of nitrogens with zero attached hydrogens (tertiary/aromatic N) is 3. The Balaban J connectivity index is 1.53. The Morgan fingerprint density at radius 3 is 2.96 bits per heavy atom. The van der Waals surface area contributed by atoms with E-state index in [1.54, 1.807) is 11.8 Å². The Labute approximate surface area is 142 Å². The zero-order valence-corrected chi connectivity index (χ0v) is 14.4. The number of carbonyl (C=O) groups is 2. The topological polar surface area (TPSA) is 72.4 Å². The number of esters is 1. The number of likely N-dealkylation sites (tertiary alicyclic amines) is 1. The molecule has 0 aromatic carbocycles. The summed E-state index contributed by atoms with van der Waals surface area (Å²) < 4.78 is 5.25.